The molecule has 0 aromatic carbocycles. The lowest BCUT2D eigenvalue weighted by atomic mass is 10.2. The van der Waals surface area contributed by atoms with E-state index in [2.05, 4.69) is 5.43 Å². The number of methoxy groups -OCH3 is 1. The molecule has 0 spiro atoms. The largest absolute Gasteiger partial charge is 0.467 e. The number of nitrogens with one attached hydrogen (secondary N) is 1. The van der Waals surface area contributed by atoms with Crippen molar-refractivity contribution in [2.24, 2.45) is 5.84 Å². The minimum Gasteiger partial charge on any atom is -0.467 e. The van der Waals surface area contributed by atoms with Gasteiger partial charge in [-0.25, -0.2) is 5.43 Å². The van der Waals surface area contributed by atoms with Crippen LogP contribution in [0.15, 0.2) is 16.7 Å². The van der Waals surface area contributed by atoms with Gasteiger partial charge >= 0.3 is 0 Å². The summed E-state index contributed by atoms with van der Waals surface area (Å²) in [5.74, 6) is 6.16. The normalized spacial score (nSPS) is 13.2. The zero-order chi connectivity index (χ0) is 8.97. The van der Waals surface area contributed by atoms with Gasteiger partial charge in [-0.15, -0.1) is 0 Å². The predicted molar refractivity (Wildman–Crippen MR) is 45.4 cm³/mol. The molecule has 4 heteroatoms. The van der Waals surface area contributed by atoms with Crippen LogP contribution in [0.5, 0.6) is 0 Å². The van der Waals surface area contributed by atoms with E-state index < -0.39 is 0 Å². The number of furan rings is 1. The Hall–Kier alpha value is -0.840. The van der Waals surface area contributed by atoms with Gasteiger partial charge < -0.3 is 9.15 Å². The Labute approximate surface area is 71.7 Å². The summed E-state index contributed by atoms with van der Waals surface area (Å²) in [6.45, 7) is 2.48. The summed E-state index contributed by atoms with van der Waals surface area (Å²) in [7, 11) is 1.63. The topological polar surface area (TPSA) is 60.4 Å². The summed E-state index contributed by atoms with van der Waals surface area (Å²) < 4.78 is 10.2. The number of aryl methyl sites for hydroxylation is 1. The Kier molecular flexibility index (Phi) is 3.28. The first-order chi connectivity index (χ1) is 5.79. The number of hydrazine groups is 1. The maximum Gasteiger partial charge on any atom is 0.127 e. The van der Waals surface area contributed by atoms with E-state index in [1.165, 1.54) is 0 Å². The second-order valence-corrected chi connectivity index (χ2v) is 2.64. The smallest absolute Gasteiger partial charge is 0.127 e. The van der Waals surface area contributed by atoms with Gasteiger partial charge in [0, 0.05) is 7.11 Å². The fraction of sp³-hybridized carbons (Fsp3) is 0.500. The zero-order valence-corrected chi connectivity index (χ0v) is 7.33. The van der Waals surface area contributed by atoms with Crippen LogP contribution in [0.25, 0.3) is 0 Å². The van der Waals surface area contributed by atoms with Crippen molar-refractivity contribution >= 4 is 0 Å². The van der Waals surface area contributed by atoms with Crippen molar-refractivity contribution in [2.75, 3.05) is 13.7 Å². The van der Waals surface area contributed by atoms with Gasteiger partial charge in [-0.3, -0.25) is 5.84 Å². The molecule has 1 atom stereocenters. The lowest BCUT2D eigenvalue weighted by Gasteiger charge is -2.12. The van der Waals surface area contributed by atoms with Crippen LogP contribution in [0, 0.1) is 6.92 Å². The molecule has 0 saturated carbocycles. The third kappa shape index (κ3) is 1.85. The summed E-state index contributed by atoms with van der Waals surface area (Å²) in [6.07, 6.45) is 1.64. The van der Waals surface area contributed by atoms with E-state index in [1.807, 2.05) is 13.0 Å². The minimum atomic E-state index is -0.0648. The van der Waals surface area contributed by atoms with Crippen molar-refractivity contribution in [1.82, 2.24) is 5.43 Å². The van der Waals surface area contributed by atoms with Gasteiger partial charge in [0.2, 0.25) is 0 Å². The lowest BCUT2D eigenvalue weighted by Crippen LogP contribution is -2.31. The third-order valence-corrected chi connectivity index (χ3v) is 1.75. The van der Waals surface area contributed by atoms with E-state index in [-0.39, 0.29) is 6.04 Å². The molecule has 1 heterocycles. The Morgan fingerprint density at radius 1 is 1.75 bits per heavy atom. The van der Waals surface area contributed by atoms with E-state index in [0.717, 1.165) is 11.3 Å². The zero-order valence-electron chi connectivity index (χ0n) is 7.33. The van der Waals surface area contributed by atoms with Crippen LogP contribution in [-0.2, 0) is 4.74 Å². The van der Waals surface area contributed by atoms with Crippen molar-refractivity contribution in [3.05, 3.63) is 23.7 Å². The molecule has 0 aliphatic heterocycles. The molecular formula is C8H14N2O2. The van der Waals surface area contributed by atoms with Gasteiger partial charge in [-0.1, -0.05) is 0 Å². The van der Waals surface area contributed by atoms with E-state index in [9.17, 15) is 0 Å². The van der Waals surface area contributed by atoms with Crippen molar-refractivity contribution in [3.63, 3.8) is 0 Å². The first kappa shape index (κ1) is 9.25. The first-order valence-electron chi connectivity index (χ1n) is 3.78. The molecule has 0 aliphatic carbocycles. The number of nitrogens with two attached hydrogens (primary N) is 1. The summed E-state index contributed by atoms with van der Waals surface area (Å²) in [5.41, 5.74) is 3.71. The van der Waals surface area contributed by atoms with E-state index >= 15 is 0 Å². The molecule has 1 rings (SSSR count). The maximum atomic E-state index is 5.33. The molecule has 0 aliphatic rings. The third-order valence-electron chi connectivity index (χ3n) is 1.75. The fourth-order valence-corrected chi connectivity index (χ4v) is 1.11. The number of hydrogen-bond acceptors (Lipinski definition) is 4. The highest BCUT2D eigenvalue weighted by Gasteiger charge is 2.14. The monoisotopic (exact) mass is 170 g/mol. The second kappa shape index (κ2) is 4.25. The van der Waals surface area contributed by atoms with Gasteiger partial charge in [0.25, 0.3) is 0 Å². The highest BCUT2D eigenvalue weighted by atomic mass is 16.5. The summed E-state index contributed by atoms with van der Waals surface area (Å²) >= 11 is 0. The second-order valence-electron chi connectivity index (χ2n) is 2.64. The summed E-state index contributed by atoms with van der Waals surface area (Å²) in [4.78, 5) is 0. The molecular weight excluding hydrogens is 156 g/mol. The van der Waals surface area contributed by atoms with Crippen molar-refractivity contribution in [2.45, 2.75) is 13.0 Å². The van der Waals surface area contributed by atoms with Crippen LogP contribution >= 0.6 is 0 Å². The predicted octanol–water partition coefficient (Wildman–Crippen LogP) is 0.739. The standard InChI is InChI=1S/C8H14N2O2/c1-6-3-4-12-8(6)7(10-9)5-11-2/h3-4,7,10H,5,9H2,1-2H3. The van der Waals surface area contributed by atoms with Gasteiger partial charge in [0.15, 0.2) is 0 Å². The molecule has 12 heavy (non-hydrogen) atoms. The van der Waals surface area contributed by atoms with E-state index in [1.54, 1.807) is 13.4 Å². The van der Waals surface area contributed by atoms with Gasteiger partial charge in [-0.05, 0) is 18.6 Å². The number of rotatable bonds is 4. The van der Waals surface area contributed by atoms with Crippen LogP contribution < -0.4 is 11.3 Å². The van der Waals surface area contributed by atoms with Crippen LogP contribution in [0.4, 0.5) is 0 Å². The molecule has 1 unspecified atom stereocenters. The molecule has 68 valence electrons. The van der Waals surface area contributed by atoms with Crippen LogP contribution in [-0.4, -0.2) is 13.7 Å². The van der Waals surface area contributed by atoms with Gasteiger partial charge in [0.1, 0.15) is 11.8 Å². The molecule has 0 radical (unpaired) electrons. The Bertz CT molecular complexity index is 235. The molecule has 0 saturated heterocycles. The van der Waals surface area contributed by atoms with Gasteiger partial charge in [0.05, 0.1) is 12.9 Å². The quantitative estimate of drug-likeness (QED) is 0.517. The molecule has 0 amide bonds. The fourth-order valence-electron chi connectivity index (χ4n) is 1.11. The van der Waals surface area contributed by atoms with Gasteiger partial charge in [-0.2, -0.15) is 0 Å². The molecule has 0 fully saturated rings. The number of ether oxygens (including phenoxy) is 1. The first-order valence-corrected chi connectivity index (χ1v) is 3.78. The van der Waals surface area contributed by atoms with E-state index in [4.69, 9.17) is 15.0 Å². The lowest BCUT2D eigenvalue weighted by molar-refractivity contribution is 0.157. The molecule has 3 N–H and O–H groups in total. The Balaban J connectivity index is 2.72. The van der Waals surface area contributed by atoms with Crippen LogP contribution in [0.2, 0.25) is 0 Å². The van der Waals surface area contributed by atoms with Crippen molar-refractivity contribution in [3.8, 4) is 0 Å². The molecule has 1 aromatic heterocycles. The highest BCUT2D eigenvalue weighted by molar-refractivity contribution is 5.17. The average molecular weight is 170 g/mol. The Morgan fingerprint density at radius 3 is 2.92 bits per heavy atom. The SMILES string of the molecule is COCC(NN)c1occc1C. The minimum absolute atomic E-state index is 0.0648. The van der Waals surface area contributed by atoms with E-state index in [0.29, 0.717) is 6.61 Å². The summed E-state index contributed by atoms with van der Waals surface area (Å²) in [6, 6.07) is 1.83. The molecule has 1 aromatic rings. The molecule has 0 bridgehead atoms. The van der Waals surface area contributed by atoms with Crippen LogP contribution in [0.3, 0.4) is 0 Å². The van der Waals surface area contributed by atoms with Crippen molar-refractivity contribution < 1.29 is 9.15 Å². The average Bonchev–Trinajstić information content (AvgIpc) is 2.47. The summed E-state index contributed by atoms with van der Waals surface area (Å²) in [5, 5.41) is 0. The number of hydrogen-bond donors (Lipinski definition) is 2. The van der Waals surface area contributed by atoms with Crippen molar-refractivity contribution in [1.29, 1.82) is 0 Å². The van der Waals surface area contributed by atoms with Crippen LogP contribution in [0.1, 0.15) is 17.4 Å². The Morgan fingerprint density at radius 2 is 2.50 bits per heavy atom. The molecule has 4 nitrogen and oxygen atoms in total. The maximum absolute atomic E-state index is 5.33. The highest BCUT2D eigenvalue weighted by Crippen LogP contribution is 2.17.